The van der Waals surface area contributed by atoms with Gasteiger partial charge in [0, 0.05) is 46.4 Å². The van der Waals surface area contributed by atoms with Gasteiger partial charge >= 0.3 is 11.9 Å². The van der Waals surface area contributed by atoms with E-state index in [0.717, 1.165) is 0 Å². The van der Waals surface area contributed by atoms with Crippen LogP contribution >= 0.6 is 11.6 Å². The number of amides is 2. The molecule has 46 heavy (non-hydrogen) atoms. The Labute approximate surface area is 272 Å². The molecule has 1 aliphatic heterocycles. The van der Waals surface area contributed by atoms with Gasteiger partial charge in [0.2, 0.25) is 5.91 Å². The number of para-hydroxylation sites is 1. The maximum atomic E-state index is 14.4. The third kappa shape index (κ3) is 8.35. The van der Waals surface area contributed by atoms with Crippen LogP contribution in [0.3, 0.4) is 0 Å². The Balaban J connectivity index is 1.76. The maximum Gasteiger partial charge on any atom is 0.307 e. The van der Waals surface area contributed by atoms with Gasteiger partial charge in [-0.2, -0.15) is 0 Å². The number of carbonyl (C=O) groups is 4. The minimum atomic E-state index is -1.26. The van der Waals surface area contributed by atoms with Gasteiger partial charge in [-0.15, -0.1) is 0 Å². The molecule has 0 fully saturated rings. The van der Waals surface area contributed by atoms with Crippen LogP contribution in [0.15, 0.2) is 60.7 Å². The van der Waals surface area contributed by atoms with Gasteiger partial charge in [0.1, 0.15) is 12.2 Å². The van der Waals surface area contributed by atoms with Crippen LogP contribution in [0.5, 0.6) is 11.5 Å². The lowest BCUT2D eigenvalue weighted by molar-refractivity contribution is -0.144. The van der Waals surface area contributed by atoms with Gasteiger partial charge in [-0.05, 0) is 42.0 Å². The number of aliphatic carboxylic acids is 1. The van der Waals surface area contributed by atoms with E-state index in [1.54, 1.807) is 65.6 Å². The summed E-state index contributed by atoms with van der Waals surface area (Å²) >= 11 is 6.50. The lowest BCUT2D eigenvalue weighted by Gasteiger charge is -2.33. The minimum absolute atomic E-state index is 0.0477. The van der Waals surface area contributed by atoms with Crippen molar-refractivity contribution >= 4 is 46.7 Å². The molecule has 3 aromatic carbocycles. The third-order valence-electron chi connectivity index (χ3n) is 7.34. The first-order chi connectivity index (χ1) is 21.8. The van der Waals surface area contributed by atoms with Crippen LogP contribution in [-0.2, 0) is 35.1 Å². The van der Waals surface area contributed by atoms with Crippen LogP contribution in [0.4, 0.5) is 11.4 Å². The van der Waals surface area contributed by atoms with E-state index in [2.05, 4.69) is 5.32 Å². The Kier molecular flexibility index (Phi) is 10.9. The van der Waals surface area contributed by atoms with E-state index in [1.165, 1.54) is 21.1 Å². The maximum absolute atomic E-state index is 14.4. The molecule has 0 spiro atoms. The molecule has 2 atom stereocenters. The Hall–Kier alpha value is -4.61. The van der Waals surface area contributed by atoms with Crippen LogP contribution in [0, 0.1) is 5.41 Å². The summed E-state index contributed by atoms with van der Waals surface area (Å²) in [7, 11) is 3.01. The van der Waals surface area contributed by atoms with Gasteiger partial charge in [0.05, 0.1) is 33.7 Å². The first-order valence-corrected chi connectivity index (χ1v) is 14.9. The number of nitrogens with one attached hydrogen (secondary N) is 1. The molecule has 0 aliphatic carbocycles. The fourth-order valence-corrected chi connectivity index (χ4v) is 5.44. The van der Waals surface area contributed by atoms with Crippen molar-refractivity contribution < 1.29 is 43.2 Å². The summed E-state index contributed by atoms with van der Waals surface area (Å²) in [5.41, 5.74) is 1.95. The summed E-state index contributed by atoms with van der Waals surface area (Å²) in [5.74, 6) is -1.54. The van der Waals surface area contributed by atoms with Gasteiger partial charge < -0.3 is 34.3 Å². The number of carboxylic acid groups (broad SMARTS) is 1. The molecule has 0 aromatic heterocycles. The Morgan fingerprint density at radius 3 is 2.37 bits per heavy atom. The first-order valence-electron chi connectivity index (χ1n) is 14.5. The molecule has 1 heterocycles. The Morgan fingerprint density at radius 1 is 1.02 bits per heavy atom. The fraction of sp³-hybridized carbons (Fsp3) is 0.353. The van der Waals surface area contributed by atoms with Crippen molar-refractivity contribution in [2.45, 2.75) is 45.8 Å². The number of hydrogen-bond donors (Lipinski definition) is 2. The van der Waals surface area contributed by atoms with E-state index in [4.69, 9.17) is 35.7 Å². The van der Waals surface area contributed by atoms with E-state index < -0.39 is 41.4 Å². The predicted molar refractivity (Wildman–Crippen MR) is 172 cm³/mol. The molecule has 4 rings (SSSR count). The van der Waals surface area contributed by atoms with Crippen molar-refractivity contribution in [3.05, 3.63) is 82.4 Å². The second-order valence-electron chi connectivity index (χ2n) is 11.7. The average Bonchev–Trinajstić information content (AvgIpc) is 3.10. The van der Waals surface area contributed by atoms with Crippen LogP contribution in [0.25, 0.3) is 0 Å². The largest absolute Gasteiger partial charge is 0.493 e. The van der Waals surface area contributed by atoms with Crippen molar-refractivity contribution in [1.29, 1.82) is 0 Å². The van der Waals surface area contributed by atoms with Crippen molar-refractivity contribution in [3.63, 3.8) is 0 Å². The summed E-state index contributed by atoms with van der Waals surface area (Å²) in [4.78, 5) is 51.9. The monoisotopic (exact) mass is 652 g/mol. The van der Waals surface area contributed by atoms with Crippen molar-refractivity contribution in [3.8, 4) is 11.5 Å². The number of ether oxygens (including phenoxy) is 4. The predicted octanol–water partition coefficient (Wildman–Crippen LogP) is 5.42. The number of hydrogen-bond acceptors (Lipinski definition) is 8. The highest BCUT2D eigenvalue weighted by atomic mass is 35.5. The standard InChI is InChI=1S/C34H37ClN2O9/c1-20(38)45-19-34(2,3)18-37-26-14-11-22(35)16-25(26)31(24-7-6-8-27(43-4)32(24)44-5)46-28(33(37)42)17-29(39)36-23-12-9-21(10-13-23)15-30(40)41/h6-14,16,28,31H,15,17-19H2,1-5H3,(H,36,39)(H,40,41)/t28-,31-/m1/s1. The zero-order valence-electron chi connectivity index (χ0n) is 26.3. The molecular weight excluding hydrogens is 616 g/mol. The van der Waals surface area contributed by atoms with E-state index in [1.807, 2.05) is 13.8 Å². The minimum Gasteiger partial charge on any atom is -0.493 e. The second-order valence-corrected chi connectivity index (χ2v) is 12.1. The summed E-state index contributed by atoms with van der Waals surface area (Å²) in [6, 6.07) is 16.8. The molecule has 0 unspecified atom stereocenters. The van der Waals surface area contributed by atoms with Crippen LogP contribution < -0.4 is 19.7 Å². The number of halogens is 1. The van der Waals surface area contributed by atoms with Crippen molar-refractivity contribution in [1.82, 2.24) is 0 Å². The number of esters is 1. The molecule has 244 valence electrons. The number of fused-ring (bicyclic) bond motifs is 1. The third-order valence-corrected chi connectivity index (χ3v) is 7.57. The molecular formula is C34H37ClN2O9. The highest BCUT2D eigenvalue weighted by Gasteiger charge is 2.41. The van der Waals surface area contributed by atoms with Gasteiger partial charge in [0.15, 0.2) is 11.5 Å². The molecule has 2 N–H and O–H groups in total. The van der Waals surface area contributed by atoms with Crippen LogP contribution in [-0.4, -0.2) is 62.3 Å². The topological polar surface area (TPSA) is 141 Å². The molecule has 0 saturated carbocycles. The highest BCUT2D eigenvalue weighted by molar-refractivity contribution is 6.30. The number of nitrogens with zero attached hydrogens (tertiary/aromatic N) is 1. The molecule has 12 heteroatoms. The zero-order valence-corrected chi connectivity index (χ0v) is 27.1. The van der Waals surface area contributed by atoms with Gasteiger partial charge in [0.25, 0.3) is 5.91 Å². The number of carbonyl (C=O) groups excluding carboxylic acids is 3. The Bertz CT molecular complexity index is 1610. The van der Waals surface area contributed by atoms with E-state index in [9.17, 15) is 19.2 Å². The molecule has 1 aliphatic rings. The van der Waals surface area contributed by atoms with Crippen molar-refractivity contribution in [2.24, 2.45) is 5.41 Å². The zero-order chi connectivity index (χ0) is 33.6. The number of benzene rings is 3. The second kappa shape index (κ2) is 14.7. The molecule has 0 saturated heterocycles. The first kappa shape index (κ1) is 34.3. The van der Waals surface area contributed by atoms with E-state index >= 15 is 0 Å². The van der Waals surface area contributed by atoms with Gasteiger partial charge in [-0.25, -0.2) is 0 Å². The quantitative estimate of drug-likeness (QED) is 0.245. The Morgan fingerprint density at radius 2 is 1.74 bits per heavy atom. The van der Waals surface area contributed by atoms with Gasteiger partial charge in [-0.3, -0.25) is 19.2 Å². The number of methoxy groups -OCH3 is 2. The molecule has 0 bridgehead atoms. The summed E-state index contributed by atoms with van der Waals surface area (Å²) in [6.07, 6.45) is -2.66. The van der Waals surface area contributed by atoms with Crippen molar-refractivity contribution in [2.75, 3.05) is 37.6 Å². The van der Waals surface area contributed by atoms with Gasteiger partial charge in [-0.1, -0.05) is 49.7 Å². The number of anilines is 2. The molecule has 2 amide bonds. The normalized spacial score (nSPS) is 16.2. The van der Waals surface area contributed by atoms with Crippen LogP contribution in [0.2, 0.25) is 5.02 Å². The lowest BCUT2D eigenvalue weighted by atomic mass is 9.92. The summed E-state index contributed by atoms with van der Waals surface area (Å²) < 4.78 is 23.1. The highest BCUT2D eigenvalue weighted by Crippen LogP contribution is 2.45. The van der Waals surface area contributed by atoms with E-state index in [-0.39, 0.29) is 26.0 Å². The lowest BCUT2D eigenvalue weighted by Crippen LogP contribution is -2.46. The SMILES string of the molecule is COc1cccc([C@H]2O[C@H](CC(=O)Nc3ccc(CC(=O)O)cc3)C(=O)N(CC(C)(C)COC(C)=O)c3ccc(Cl)cc32)c1OC. The smallest absolute Gasteiger partial charge is 0.307 e. The average molecular weight is 653 g/mol. The number of rotatable bonds is 12. The summed E-state index contributed by atoms with van der Waals surface area (Å²) in [6.45, 7) is 5.22. The summed E-state index contributed by atoms with van der Waals surface area (Å²) in [5, 5.41) is 12.2. The number of carboxylic acids is 1. The molecule has 11 nitrogen and oxygen atoms in total. The molecule has 3 aromatic rings. The fourth-order valence-electron chi connectivity index (χ4n) is 5.26. The molecule has 0 radical (unpaired) electrons. The van der Waals surface area contributed by atoms with E-state index in [0.29, 0.717) is 44.6 Å². The van der Waals surface area contributed by atoms with Crippen LogP contribution in [0.1, 0.15) is 50.0 Å².